The number of amides is 2. The quantitative estimate of drug-likeness (QED) is 0.681. The number of hydrogen-bond acceptors (Lipinski definition) is 5. The molecular formula is C23H23FN4O3. The van der Waals surface area contributed by atoms with Crippen LogP contribution in [0.1, 0.15) is 41.9 Å². The lowest BCUT2D eigenvalue weighted by Gasteiger charge is -2.32. The number of aromatic nitrogens is 2. The van der Waals surface area contributed by atoms with Crippen LogP contribution in [0.15, 0.2) is 59.1 Å². The Balaban J connectivity index is 1.31. The van der Waals surface area contributed by atoms with Crippen LogP contribution >= 0.6 is 0 Å². The highest BCUT2D eigenvalue weighted by Gasteiger charge is 2.30. The second-order valence-electron chi connectivity index (χ2n) is 7.62. The molecule has 2 heterocycles. The van der Waals surface area contributed by atoms with Gasteiger partial charge in [0, 0.05) is 30.1 Å². The van der Waals surface area contributed by atoms with E-state index in [0.717, 1.165) is 0 Å². The number of piperidine rings is 1. The topological polar surface area (TPSA) is 88.3 Å². The summed E-state index contributed by atoms with van der Waals surface area (Å²) in [6.07, 6.45) is 1.38. The van der Waals surface area contributed by atoms with Crippen LogP contribution in [-0.4, -0.2) is 46.0 Å². The van der Waals surface area contributed by atoms with E-state index < -0.39 is 6.04 Å². The molecule has 0 aliphatic carbocycles. The second kappa shape index (κ2) is 9.07. The van der Waals surface area contributed by atoms with Gasteiger partial charge in [-0.2, -0.15) is 4.98 Å². The van der Waals surface area contributed by atoms with Gasteiger partial charge in [-0.1, -0.05) is 23.4 Å². The summed E-state index contributed by atoms with van der Waals surface area (Å²) in [5.41, 5.74) is 1.21. The fourth-order valence-corrected chi connectivity index (χ4v) is 3.67. The smallest absolute Gasteiger partial charge is 0.251 e. The zero-order valence-electron chi connectivity index (χ0n) is 17.1. The third kappa shape index (κ3) is 4.79. The van der Waals surface area contributed by atoms with E-state index in [0.29, 0.717) is 48.8 Å². The third-order valence-corrected chi connectivity index (χ3v) is 5.45. The largest absolute Gasteiger partial charge is 0.341 e. The predicted molar refractivity (Wildman–Crippen MR) is 112 cm³/mol. The highest BCUT2D eigenvalue weighted by molar-refractivity contribution is 5.97. The van der Waals surface area contributed by atoms with E-state index in [9.17, 15) is 14.0 Å². The summed E-state index contributed by atoms with van der Waals surface area (Å²) < 4.78 is 18.5. The van der Waals surface area contributed by atoms with Crippen LogP contribution in [0.3, 0.4) is 0 Å². The monoisotopic (exact) mass is 422 g/mol. The molecular weight excluding hydrogens is 399 g/mol. The van der Waals surface area contributed by atoms with Gasteiger partial charge in [0.2, 0.25) is 17.6 Å². The molecule has 0 saturated carbocycles. The van der Waals surface area contributed by atoms with Crippen LogP contribution in [0.25, 0.3) is 11.4 Å². The summed E-state index contributed by atoms with van der Waals surface area (Å²) in [4.78, 5) is 31.2. The number of benzene rings is 2. The van der Waals surface area contributed by atoms with Crippen molar-refractivity contribution in [1.29, 1.82) is 0 Å². The molecule has 1 aromatic heterocycles. The number of likely N-dealkylation sites (tertiary alicyclic amines) is 1. The molecule has 0 unspecified atom stereocenters. The molecule has 0 radical (unpaired) electrons. The lowest BCUT2D eigenvalue weighted by Crippen LogP contribution is -2.49. The number of hydrogen-bond donors (Lipinski definition) is 1. The zero-order valence-corrected chi connectivity index (χ0v) is 17.1. The summed E-state index contributed by atoms with van der Waals surface area (Å²) in [6.45, 7) is 2.79. The molecule has 4 rings (SSSR count). The standard InChI is InChI=1S/C23H23FN4O3/c1-15(25-21(29)17-5-3-2-4-6-17)23(30)28-13-11-18(12-14-28)22-26-20(27-31-22)16-7-9-19(24)10-8-16/h2-10,15,18H,11-14H2,1H3,(H,25,29)/t15-/m0/s1. The number of carbonyl (C=O) groups excluding carboxylic acids is 2. The van der Waals surface area contributed by atoms with Crippen molar-refractivity contribution in [2.75, 3.05) is 13.1 Å². The SMILES string of the molecule is C[C@H](NC(=O)c1ccccc1)C(=O)N1CCC(c2nc(-c3ccc(F)cc3)no2)CC1. The molecule has 160 valence electrons. The van der Waals surface area contributed by atoms with Crippen LogP contribution in [0.2, 0.25) is 0 Å². The number of rotatable bonds is 5. The maximum atomic E-state index is 13.1. The van der Waals surface area contributed by atoms with Crippen molar-refractivity contribution in [2.24, 2.45) is 0 Å². The molecule has 3 aromatic rings. The molecule has 31 heavy (non-hydrogen) atoms. The first-order chi connectivity index (χ1) is 15.0. The Kier molecular flexibility index (Phi) is 6.06. The van der Waals surface area contributed by atoms with Crippen molar-refractivity contribution in [3.8, 4) is 11.4 Å². The predicted octanol–water partition coefficient (Wildman–Crippen LogP) is 3.40. The highest BCUT2D eigenvalue weighted by atomic mass is 19.1. The number of halogens is 1. The summed E-state index contributed by atoms with van der Waals surface area (Å²) in [6, 6.07) is 14.1. The number of nitrogens with zero attached hydrogens (tertiary/aromatic N) is 3. The van der Waals surface area contributed by atoms with Gasteiger partial charge in [-0.05, 0) is 56.2 Å². The molecule has 2 amide bonds. The van der Waals surface area contributed by atoms with Crippen molar-refractivity contribution in [3.63, 3.8) is 0 Å². The fraction of sp³-hybridized carbons (Fsp3) is 0.304. The summed E-state index contributed by atoms with van der Waals surface area (Å²) in [5, 5.41) is 6.76. The average molecular weight is 422 g/mol. The normalized spacial score (nSPS) is 15.5. The Morgan fingerprint density at radius 1 is 1.10 bits per heavy atom. The lowest BCUT2D eigenvalue weighted by atomic mass is 9.96. The van der Waals surface area contributed by atoms with E-state index in [4.69, 9.17) is 4.52 Å². The highest BCUT2D eigenvalue weighted by Crippen LogP contribution is 2.28. The van der Waals surface area contributed by atoms with E-state index >= 15 is 0 Å². The first-order valence-electron chi connectivity index (χ1n) is 10.3. The van der Waals surface area contributed by atoms with Gasteiger partial charge in [0.1, 0.15) is 11.9 Å². The maximum Gasteiger partial charge on any atom is 0.251 e. The Bertz CT molecular complexity index is 1040. The molecule has 2 aromatic carbocycles. The molecule has 1 saturated heterocycles. The van der Waals surface area contributed by atoms with Crippen molar-refractivity contribution < 1.29 is 18.5 Å². The van der Waals surface area contributed by atoms with Gasteiger partial charge in [-0.15, -0.1) is 0 Å². The molecule has 1 aliphatic heterocycles. The van der Waals surface area contributed by atoms with Gasteiger partial charge >= 0.3 is 0 Å². The maximum absolute atomic E-state index is 13.1. The lowest BCUT2D eigenvalue weighted by molar-refractivity contribution is -0.134. The van der Waals surface area contributed by atoms with Crippen molar-refractivity contribution in [3.05, 3.63) is 71.9 Å². The van der Waals surface area contributed by atoms with Gasteiger partial charge < -0.3 is 14.7 Å². The first kappa shape index (κ1) is 20.7. The second-order valence-corrected chi connectivity index (χ2v) is 7.62. The number of nitrogens with one attached hydrogen (secondary N) is 1. The summed E-state index contributed by atoms with van der Waals surface area (Å²) in [7, 11) is 0. The van der Waals surface area contributed by atoms with Gasteiger partial charge in [-0.25, -0.2) is 4.39 Å². The Hall–Kier alpha value is -3.55. The van der Waals surface area contributed by atoms with Crippen LogP contribution in [0.5, 0.6) is 0 Å². The van der Waals surface area contributed by atoms with Crippen molar-refractivity contribution >= 4 is 11.8 Å². The zero-order chi connectivity index (χ0) is 21.8. The van der Waals surface area contributed by atoms with E-state index in [1.54, 1.807) is 48.2 Å². The summed E-state index contributed by atoms with van der Waals surface area (Å²) >= 11 is 0. The average Bonchev–Trinajstić information content (AvgIpc) is 3.30. The van der Waals surface area contributed by atoms with Crippen molar-refractivity contribution in [2.45, 2.75) is 31.7 Å². The molecule has 7 nitrogen and oxygen atoms in total. The molecule has 1 aliphatic rings. The molecule has 1 fully saturated rings. The number of carbonyl (C=O) groups is 2. The third-order valence-electron chi connectivity index (χ3n) is 5.45. The van der Waals surface area contributed by atoms with E-state index in [1.807, 2.05) is 6.07 Å². The minimum Gasteiger partial charge on any atom is -0.341 e. The van der Waals surface area contributed by atoms with Gasteiger partial charge in [0.05, 0.1) is 0 Å². The van der Waals surface area contributed by atoms with Crippen molar-refractivity contribution in [1.82, 2.24) is 20.4 Å². The van der Waals surface area contributed by atoms with Crippen LogP contribution in [-0.2, 0) is 4.79 Å². The van der Waals surface area contributed by atoms with Gasteiger partial charge in [-0.3, -0.25) is 9.59 Å². The van der Waals surface area contributed by atoms with E-state index in [-0.39, 0.29) is 23.5 Å². The first-order valence-corrected chi connectivity index (χ1v) is 10.3. The van der Waals surface area contributed by atoms with E-state index in [2.05, 4.69) is 15.5 Å². The van der Waals surface area contributed by atoms with Gasteiger partial charge in [0.25, 0.3) is 5.91 Å². The minimum atomic E-state index is -0.613. The molecule has 1 N–H and O–H groups in total. The van der Waals surface area contributed by atoms with Gasteiger partial charge in [0.15, 0.2) is 0 Å². The van der Waals surface area contributed by atoms with Crippen LogP contribution in [0.4, 0.5) is 4.39 Å². The Morgan fingerprint density at radius 2 is 1.77 bits per heavy atom. The van der Waals surface area contributed by atoms with Crippen LogP contribution < -0.4 is 5.32 Å². The molecule has 8 heteroatoms. The minimum absolute atomic E-state index is 0.0555. The molecule has 0 bridgehead atoms. The molecule has 1 atom stereocenters. The molecule has 0 spiro atoms. The Morgan fingerprint density at radius 3 is 2.45 bits per heavy atom. The fourth-order valence-electron chi connectivity index (χ4n) is 3.67. The summed E-state index contributed by atoms with van der Waals surface area (Å²) in [5.74, 6) is 0.303. The van der Waals surface area contributed by atoms with Crippen LogP contribution in [0, 0.1) is 5.82 Å². The van der Waals surface area contributed by atoms with E-state index in [1.165, 1.54) is 12.1 Å². The Labute approximate surface area is 179 Å².